The summed E-state index contributed by atoms with van der Waals surface area (Å²) >= 11 is 0. The summed E-state index contributed by atoms with van der Waals surface area (Å²) in [6.07, 6.45) is 0.678. The lowest BCUT2D eigenvalue weighted by Crippen LogP contribution is -2.19. The molecule has 0 saturated heterocycles. The van der Waals surface area contributed by atoms with Gasteiger partial charge in [-0.2, -0.15) is 5.10 Å². The number of aromatic hydroxyl groups is 1. The quantitative estimate of drug-likeness (QED) is 0.539. The fraction of sp³-hybridized carbons (Fsp3) is 0.143. The molecular formula is C21H20N2O3. The molecule has 0 fully saturated rings. The van der Waals surface area contributed by atoms with Crippen molar-refractivity contribution >= 4 is 22.4 Å². The number of hydrogen-bond acceptors (Lipinski definition) is 4. The number of methoxy groups -OCH3 is 1. The van der Waals surface area contributed by atoms with Gasteiger partial charge < -0.3 is 9.84 Å². The number of nitrogens with zero attached hydrogens (tertiary/aromatic N) is 1. The van der Waals surface area contributed by atoms with Crippen LogP contribution in [-0.4, -0.2) is 23.8 Å². The van der Waals surface area contributed by atoms with Crippen LogP contribution in [-0.2, 0) is 0 Å². The van der Waals surface area contributed by atoms with E-state index >= 15 is 0 Å². The first kappa shape index (κ1) is 17.5. The number of ether oxygens (including phenoxy) is 1. The van der Waals surface area contributed by atoms with Crippen molar-refractivity contribution in [3.63, 3.8) is 0 Å². The minimum Gasteiger partial charge on any atom is -0.508 e. The molecule has 5 nitrogen and oxygen atoms in total. The van der Waals surface area contributed by atoms with Crippen molar-refractivity contribution < 1.29 is 14.6 Å². The molecule has 0 aliphatic rings. The predicted octanol–water partition coefficient (Wildman–Crippen LogP) is 4.10. The van der Waals surface area contributed by atoms with E-state index in [0.717, 1.165) is 27.8 Å². The van der Waals surface area contributed by atoms with Crippen LogP contribution in [0, 0.1) is 0 Å². The molecule has 26 heavy (non-hydrogen) atoms. The molecule has 0 unspecified atom stereocenters. The fourth-order valence-electron chi connectivity index (χ4n) is 2.67. The first-order valence-corrected chi connectivity index (χ1v) is 8.35. The summed E-state index contributed by atoms with van der Waals surface area (Å²) < 4.78 is 5.25. The molecule has 0 heterocycles. The van der Waals surface area contributed by atoms with Crippen molar-refractivity contribution in [1.82, 2.24) is 5.43 Å². The molecule has 5 heteroatoms. The summed E-state index contributed by atoms with van der Waals surface area (Å²) in [6, 6.07) is 18.0. The van der Waals surface area contributed by atoms with Gasteiger partial charge in [0.05, 0.1) is 12.8 Å². The first-order chi connectivity index (χ1) is 12.6. The Morgan fingerprint density at radius 2 is 1.65 bits per heavy atom. The second-order valence-corrected chi connectivity index (χ2v) is 5.83. The second kappa shape index (κ2) is 7.70. The zero-order chi connectivity index (χ0) is 18.5. The molecule has 1 amide bonds. The van der Waals surface area contributed by atoms with Crippen LogP contribution in [0.4, 0.5) is 0 Å². The van der Waals surface area contributed by atoms with Crippen molar-refractivity contribution in [2.75, 3.05) is 7.11 Å². The molecule has 0 bridgehead atoms. The molecule has 3 aromatic carbocycles. The average Bonchev–Trinajstić information content (AvgIpc) is 2.68. The third-order valence-electron chi connectivity index (χ3n) is 4.14. The van der Waals surface area contributed by atoms with Crippen molar-refractivity contribution in [3.8, 4) is 11.5 Å². The second-order valence-electron chi connectivity index (χ2n) is 5.83. The Balaban J connectivity index is 1.83. The third-order valence-corrected chi connectivity index (χ3v) is 4.14. The maximum atomic E-state index is 12.2. The molecule has 0 spiro atoms. The third kappa shape index (κ3) is 3.83. The molecule has 0 radical (unpaired) electrons. The SMILES string of the molecule is CC/C(=N/NC(=O)c1ccc(O)cc1)c1ccc2cc(OC)ccc2c1. The molecular weight excluding hydrogens is 328 g/mol. The Morgan fingerprint density at radius 1 is 1.00 bits per heavy atom. The minimum absolute atomic E-state index is 0.118. The zero-order valence-electron chi connectivity index (χ0n) is 14.7. The number of carbonyl (C=O) groups excluding carboxylic acids is 1. The van der Waals surface area contributed by atoms with Crippen LogP contribution < -0.4 is 10.2 Å². The van der Waals surface area contributed by atoms with Crippen LogP contribution in [0.5, 0.6) is 11.5 Å². The smallest absolute Gasteiger partial charge is 0.271 e. The largest absolute Gasteiger partial charge is 0.508 e. The summed E-state index contributed by atoms with van der Waals surface area (Å²) in [7, 11) is 1.65. The Morgan fingerprint density at radius 3 is 2.35 bits per heavy atom. The number of nitrogens with one attached hydrogen (secondary N) is 1. The van der Waals surface area contributed by atoms with E-state index in [1.165, 1.54) is 12.1 Å². The van der Waals surface area contributed by atoms with Gasteiger partial charge >= 0.3 is 0 Å². The topological polar surface area (TPSA) is 70.9 Å². The fourth-order valence-corrected chi connectivity index (χ4v) is 2.67. The van der Waals surface area contributed by atoms with Gasteiger partial charge in [-0.05, 0) is 65.2 Å². The lowest BCUT2D eigenvalue weighted by atomic mass is 10.0. The summed E-state index contributed by atoms with van der Waals surface area (Å²) in [5.41, 5.74) is 4.76. The number of hydrogen-bond donors (Lipinski definition) is 2. The Kier molecular flexibility index (Phi) is 5.17. The van der Waals surface area contributed by atoms with Gasteiger partial charge in [0.1, 0.15) is 11.5 Å². The highest BCUT2D eigenvalue weighted by Gasteiger charge is 2.07. The first-order valence-electron chi connectivity index (χ1n) is 8.35. The van der Waals surface area contributed by atoms with Crippen LogP contribution in [0.3, 0.4) is 0 Å². The van der Waals surface area contributed by atoms with Gasteiger partial charge in [-0.25, -0.2) is 5.43 Å². The number of benzene rings is 3. The van der Waals surface area contributed by atoms with Crippen LogP contribution in [0.2, 0.25) is 0 Å². The Bertz CT molecular complexity index is 963. The molecule has 132 valence electrons. The molecule has 0 aromatic heterocycles. The van der Waals surface area contributed by atoms with E-state index in [1.54, 1.807) is 19.2 Å². The maximum Gasteiger partial charge on any atom is 0.271 e. The highest BCUT2D eigenvalue weighted by Crippen LogP contribution is 2.22. The van der Waals surface area contributed by atoms with Gasteiger partial charge in [-0.3, -0.25) is 4.79 Å². The minimum atomic E-state index is -0.318. The summed E-state index contributed by atoms with van der Waals surface area (Å²) in [5.74, 6) is 0.615. The molecule has 0 aliphatic carbocycles. The number of fused-ring (bicyclic) bond motifs is 1. The van der Waals surface area contributed by atoms with Gasteiger partial charge in [0.2, 0.25) is 0 Å². The van der Waals surface area contributed by atoms with Crippen molar-refractivity contribution in [2.24, 2.45) is 5.10 Å². The monoisotopic (exact) mass is 348 g/mol. The van der Waals surface area contributed by atoms with Crippen LogP contribution >= 0.6 is 0 Å². The maximum absolute atomic E-state index is 12.2. The lowest BCUT2D eigenvalue weighted by molar-refractivity contribution is 0.0955. The van der Waals surface area contributed by atoms with Gasteiger partial charge in [0, 0.05) is 5.56 Å². The van der Waals surface area contributed by atoms with Gasteiger partial charge in [0.25, 0.3) is 5.91 Å². The van der Waals surface area contributed by atoms with E-state index in [9.17, 15) is 9.90 Å². The van der Waals surface area contributed by atoms with Crippen LogP contribution in [0.25, 0.3) is 10.8 Å². The van der Waals surface area contributed by atoms with E-state index in [2.05, 4.69) is 10.5 Å². The predicted molar refractivity (Wildman–Crippen MR) is 103 cm³/mol. The van der Waals surface area contributed by atoms with Crippen LogP contribution in [0.15, 0.2) is 65.8 Å². The van der Waals surface area contributed by atoms with Gasteiger partial charge in [-0.1, -0.05) is 25.1 Å². The van der Waals surface area contributed by atoms with E-state index in [0.29, 0.717) is 12.0 Å². The lowest BCUT2D eigenvalue weighted by Gasteiger charge is -2.08. The molecule has 3 rings (SSSR count). The summed E-state index contributed by atoms with van der Waals surface area (Å²) in [6.45, 7) is 1.99. The molecule has 0 aliphatic heterocycles. The number of rotatable bonds is 5. The molecule has 0 saturated carbocycles. The number of carbonyl (C=O) groups is 1. The van der Waals surface area contributed by atoms with Gasteiger partial charge in [0.15, 0.2) is 0 Å². The standard InChI is InChI=1S/C21H20N2O3/c1-3-20(22-23-21(25)14-6-9-18(24)10-7-14)17-5-4-16-13-19(26-2)11-8-15(16)12-17/h4-13,24H,3H2,1-2H3,(H,23,25)/b22-20-. The van der Waals surface area contributed by atoms with E-state index in [1.807, 2.05) is 43.3 Å². The number of phenols is 1. The summed E-state index contributed by atoms with van der Waals surface area (Å²) in [4.78, 5) is 12.2. The van der Waals surface area contributed by atoms with Crippen molar-refractivity contribution in [2.45, 2.75) is 13.3 Å². The van der Waals surface area contributed by atoms with Crippen molar-refractivity contribution in [3.05, 3.63) is 71.8 Å². The highest BCUT2D eigenvalue weighted by atomic mass is 16.5. The average molecular weight is 348 g/mol. The summed E-state index contributed by atoms with van der Waals surface area (Å²) in [5, 5.41) is 15.7. The molecule has 3 aromatic rings. The number of phenolic OH excluding ortho intramolecular Hbond substituents is 1. The van der Waals surface area contributed by atoms with E-state index < -0.39 is 0 Å². The van der Waals surface area contributed by atoms with E-state index in [-0.39, 0.29) is 11.7 Å². The number of hydrazone groups is 1. The van der Waals surface area contributed by atoms with E-state index in [4.69, 9.17) is 4.74 Å². The zero-order valence-corrected chi connectivity index (χ0v) is 14.7. The Hall–Kier alpha value is -3.34. The molecule has 2 N–H and O–H groups in total. The molecule has 0 atom stereocenters. The normalized spacial score (nSPS) is 11.4. The van der Waals surface area contributed by atoms with Crippen LogP contribution in [0.1, 0.15) is 29.3 Å². The van der Waals surface area contributed by atoms with Gasteiger partial charge in [-0.15, -0.1) is 0 Å². The van der Waals surface area contributed by atoms with Crippen molar-refractivity contribution in [1.29, 1.82) is 0 Å². The Labute approximate surface area is 151 Å². The number of amides is 1. The highest BCUT2D eigenvalue weighted by molar-refractivity contribution is 6.04.